The van der Waals surface area contributed by atoms with Crippen molar-refractivity contribution < 1.29 is 9.84 Å². The van der Waals surface area contributed by atoms with Crippen LogP contribution in [0.25, 0.3) is 0 Å². The van der Waals surface area contributed by atoms with Gasteiger partial charge in [0.1, 0.15) is 0 Å². The molecule has 13 heavy (non-hydrogen) atoms. The molecule has 2 nitrogen and oxygen atoms in total. The molecule has 1 saturated heterocycles. The van der Waals surface area contributed by atoms with E-state index in [0.717, 1.165) is 36.2 Å². The summed E-state index contributed by atoms with van der Waals surface area (Å²) < 4.78 is 5.83. The van der Waals surface area contributed by atoms with Crippen molar-refractivity contribution in [1.82, 2.24) is 0 Å². The van der Waals surface area contributed by atoms with Gasteiger partial charge in [0.15, 0.2) is 0 Å². The molecule has 4 aliphatic carbocycles. The molecule has 0 spiro atoms. The van der Waals surface area contributed by atoms with E-state index in [1.807, 2.05) is 0 Å². The van der Waals surface area contributed by atoms with Gasteiger partial charge in [-0.3, -0.25) is 0 Å². The van der Waals surface area contributed by atoms with Gasteiger partial charge in [0.05, 0.1) is 12.7 Å². The zero-order valence-electron chi connectivity index (χ0n) is 7.73. The van der Waals surface area contributed by atoms with Crippen LogP contribution in [-0.2, 0) is 4.74 Å². The van der Waals surface area contributed by atoms with E-state index in [1.54, 1.807) is 0 Å². The quantitative estimate of drug-likeness (QED) is 0.649. The molecule has 4 bridgehead atoms. The standard InChI is InChI=1S/C11H16O2/c12-3-8-6-2-10-11(7-1-5(6)7)9(8)4-13-10/h5-12H,1-4H2/t5-,6+,7-,8-,9+,10-,11-/m0/s1. The van der Waals surface area contributed by atoms with Gasteiger partial charge in [0, 0.05) is 6.61 Å². The van der Waals surface area contributed by atoms with Crippen LogP contribution in [-0.4, -0.2) is 24.4 Å². The molecule has 0 amide bonds. The van der Waals surface area contributed by atoms with Gasteiger partial charge in [-0.2, -0.15) is 0 Å². The second kappa shape index (κ2) is 2.12. The average molecular weight is 180 g/mol. The minimum absolute atomic E-state index is 0.408. The first kappa shape index (κ1) is 7.24. The molecule has 1 N–H and O–H groups in total. The first-order chi connectivity index (χ1) is 6.40. The van der Waals surface area contributed by atoms with E-state index in [2.05, 4.69) is 0 Å². The van der Waals surface area contributed by atoms with Gasteiger partial charge in [-0.05, 0) is 48.3 Å². The molecule has 1 heterocycles. The summed E-state index contributed by atoms with van der Waals surface area (Å²) in [6, 6.07) is 0. The summed E-state index contributed by atoms with van der Waals surface area (Å²) in [4.78, 5) is 0. The van der Waals surface area contributed by atoms with Crippen LogP contribution in [0.15, 0.2) is 0 Å². The summed E-state index contributed by atoms with van der Waals surface area (Å²) in [5.41, 5.74) is 0. The zero-order valence-corrected chi connectivity index (χ0v) is 7.73. The van der Waals surface area contributed by atoms with Crippen LogP contribution in [0.1, 0.15) is 12.8 Å². The van der Waals surface area contributed by atoms with Crippen LogP contribution in [0.3, 0.4) is 0 Å². The van der Waals surface area contributed by atoms with Crippen LogP contribution in [0.2, 0.25) is 0 Å². The molecule has 5 fully saturated rings. The third-order valence-electron chi connectivity index (χ3n) is 5.18. The van der Waals surface area contributed by atoms with Crippen molar-refractivity contribution in [3.05, 3.63) is 0 Å². The molecule has 2 heteroatoms. The Morgan fingerprint density at radius 1 is 1.08 bits per heavy atom. The van der Waals surface area contributed by atoms with Crippen molar-refractivity contribution >= 4 is 0 Å². The zero-order chi connectivity index (χ0) is 8.58. The van der Waals surface area contributed by atoms with E-state index in [1.165, 1.54) is 12.8 Å². The van der Waals surface area contributed by atoms with Crippen LogP contribution in [0.4, 0.5) is 0 Å². The van der Waals surface area contributed by atoms with Crippen molar-refractivity contribution in [2.75, 3.05) is 13.2 Å². The minimum atomic E-state index is 0.408. The second-order valence-electron chi connectivity index (χ2n) is 5.42. The molecular weight excluding hydrogens is 164 g/mol. The van der Waals surface area contributed by atoms with Gasteiger partial charge in [-0.15, -0.1) is 0 Å². The fourth-order valence-electron chi connectivity index (χ4n) is 4.65. The molecule has 0 aromatic carbocycles. The van der Waals surface area contributed by atoms with Gasteiger partial charge in [0.2, 0.25) is 0 Å². The van der Waals surface area contributed by atoms with E-state index in [9.17, 15) is 5.11 Å². The van der Waals surface area contributed by atoms with E-state index >= 15 is 0 Å². The summed E-state index contributed by atoms with van der Waals surface area (Å²) in [5, 5.41) is 9.41. The van der Waals surface area contributed by atoms with Gasteiger partial charge in [0.25, 0.3) is 0 Å². The van der Waals surface area contributed by atoms with Crippen molar-refractivity contribution in [2.24, 2.45) is 35.5 Å². The number of rotatable bonds is 1. The van der Waals surface area contributed by atoms with Crippen molar-refractivity contribution in [1.29, 1.82) is 0 Å². The summed E-state index contributed by atoms with van der Waals surface area (Å²) in [7, 11) is 0. The maximum absolute atomic E-state index is 9.41. The summed E-state index contributed by atoms with van der Waals surface area (Å²) >= 11 is 0. The molecule has 4 saturated carbocycles. The number of aliphatic hydroxyl groups is 1. The molecule has 0 radical (unpaired) electrons. The lowest BCUT2D eigenvalue weighted by atomic mass is 9.59. The number of ether oxygens (including phenoxy) is 1. The number of aliphatic hydroxyl groups excluding tert-OH is 1. The minimum Gasteiger partial charge on any atom is -0.396 e. The Morgan fingerprint density at radius 2 is 2.00 bits per heavy atom. The highest BCUT2D eigenvalue weighted by atomic mass is 16.5. The number of hydrogen-bond donors (Lipinski definition) is 1. The van der Waals surface area contributed by atoms with Gasteiger partial charge in [-0.25, -0.2) is 0 Å². The summed E-state index contributed by atoms with van der Waals surface area (Å²) in [5.74, 6) is 4.95. The highest BCUT2D eigenvalue weighted by Gasteiger charge is 2.66. The molecular formula is C11H16O2. The van der Waals surface area contributed by atoms with E-state index in [4.69, 9.17) is 4.74 Å². The first-order valence-electron chi connectivity index (χ1n) is 5.62. The normalized spacial score (nSPS) is 66.7. The maximum atomic E-state index is 9.41. The molecule has 5 aliphatic rings. The molecule has 7 atom stereocenters. The average Bonchev–Trinajstić information content (AvgIpc) is 2.90. The molecule has 0 aromatic rings. The SMILES string of the molecule is OC[C@H]1[C@@H]2C[C@@H]3OC[C@H]1[C@@H]3[C@H]1C[C@@H]21. The van der Waals surface area contributed by atoms with E-state index in [0.29, 0.717) is 18.6 Å². The Balaban J connectivity index is 1.77. The van der Waals surface area contributed by atoms with Gasteiger partial charge >= 0.3 is 0 Å². The lowest BCUT2D eigenvalue weighted by Crippen LogP contribution is -2.46. The van der Waals surface area contributed by atoms with Crippen molar-refractivity contribution in [3.63, 3.8) is 0 Å². The van der Waals surface area contributed by atoms with Crippen LogP contribution in [0, 0.1) is 35.5 Å². The Morgan fingerprint density at radius 3 is 2.85 bits per heavy atom. The van der Waals surface area contributed by atoms with Crippen molar-refractivity contribution in [3.8, 4) is 0 Å². The third-order valence-corrected chi connectivity index (χ3v) is 5.18. The molecule has 0 aromatic heterocycles. The van der Waals surface area contributed by atoms with Crippen molar-refractivity contribution in [2.45, 2.75) is 18.9 Å². The Bertz CT molecular complexity index is 250. The summed E-state index contributed by atoms with van der Waals surface area (Å²) in [6.45, 7) is 1.35. The molecule has 0 unspecified atom stereocenters. The Kier molecular flexibility index (Phi) is 1.18. The van der Waals surface area contributed by atoms with E-state index < -0.39 is 0 Å². The number of hydrogen-bond acceptors (Lipinski definition) is 2. The van der Waals surface area contributed by atoms with Crippen LogP contribution < -0.4 is 0 Å². The monoisotopic (exact) mass is 180 g/mol. The molecule has 72 valence electrons. The largest absolute Gasteiger partial charge is 0.396 e. The predicted octanol–water partition coefficient (Wildman–Crippen LogP) is 0.896. The Hall–Kier alpha value is -0.0800. The highest BCUT2D eigenvalue weighted by Crippen LogP contribution is 2.68. The second-order valence-corrected chi connectivity index (χ2v) is 5.42. The lowest BCUT2D eigenvalue weighted by molar-refractivity contribution is -0.0216. The van der Waals surface area contributed by atoms with E-state index in [-0.39, 0.29) is 0 Å². The third kappa shape index (κ3) is 0.701. The van der Waals surface area contributed by atoms with Crippen LogP contribution in [0.5, 0.6) is 0 Å². The van der Waals surface area contributed by atoms with Crippen LogP contribution >= 0.6 is 0 Å². The molecule has 1 aliphatic heterocycles. The lowest BCUT2D eigenvalue weighted by Gasteiger charge is -2.45. The molecule has 5 rings (SSSR count). The van der Waals surface area contributed by atoms with Gasteiger partial charge < -0.3 is 9.84 Å². The summed E-state index contributed by atoms with van der Waals surface area (Å²) in [6.07, 6.45) is 3.29. The smallest absolute Gasteiger partial charge is 0.0612 e. The fraction of sp³-hybridized carbons (Fsp3) is 1.00. The topological polar surface area (TPSA) is 29.5 Å². The maximum Gasteiger partial charge on any atom is 0.0612 e. The fourth-order valence-corrected chi connectivity index (χ4v) is 4.65. The Labute approximate surface area is 78.3 Å². The first-order valence-corrected chi connectivity index (χ1v) is 5.62. The highest BCUT2D eigenvalue weighted by molar-refractivity contribution is 5.14. The predicted molar refractivity (Wildman–Crippen MR) is 47.0 cm³/mol. The van der Waals surface area contributed by atoms with Gasteiger partial charge in [-0.1, -0.05) is 0 Å².